The van der Waals surface area contributed by atoms with Crippen LogP contribution >= 0.6 is 11.6 Å². The first-order chi connectivity index (χ1) is 8.63. The van der Waals surface area contributed by atoms with Gasteiger partial charge in [0.2, 0.25) is 0 Å². The van der Waals surface area contributed by atoms with E-state index in [1.54, 1.807) is 7.11 Å². The molecular weight excluding hydrogens is 246 g/mol. The number of halogens is 1. The third kappa shape index (κ3) is 3.89. The molecule has 3 heteroatoms. The van der Waals surface area contributed by atoms with Crippen LogP contribution < -0.4 is 10.1 Å². The van der Waals surface area contributed by atoms with Gasteiger partial charge in [-0.05, 0) is 31.2 Å². The smallest absolute Gasteiger partial charge is 0.122 e. The summed E-state index contributed by atoms with van der Waals surface area (Å²) in [4.78, 5) is 0. The molecule has 1 N–H and O–H groups in total. The van der Waals surface area contributed by atoms with Crippen LogP contribution in [0.4, 0.5) is 0 Å². The van der Waals surface area contributed by atoms with Crippen molar-refractivity contribution in [3.8, 4) is 5.75 Å². The van der Waals surface area contributed by atoms with Crippen LogP contribution in [-0.2, 0) is 0 Å². The molecule has 0 aliphatic heterocycles. The molecule has 1 aromatic rings. The zero-order valence-corrected chi connectivity index (χ0v) is 12.6. The maximum atomic E-state index is 6.12. The van der Waals surface area contributed by atoms with E-state index in [0.29, 0.717) is 11.8 Å². The SMILES string of the molecule is CCCC(C)C(CNC)c1cc(Cl)ccc1OC. The Hall–Kier alpha value is -0.730. The minimum atomic E-state index is 0.434. The van der Waals surface area contributed by atoms with E-state index in [2.05, 4.69) is 19.2 Å². The Kier molecular flexibility index (Phi) is 6.51. The zero-order chi connectivity index (χ0) is 13.5. The lowest BCUT2D eigenvalue weighted by Gasteiger charge is -2.26. The highest BCUT2D eigenvalue weighted by Crippen LogP contribution is 2.35. The van der Waals surface area contributed by atoms with Gasteiger partial charge in [-0.25, -0.2) is 0 Å². The average molecular weight is 270 g/mol. The van der Waals surface area contributed by atoms with Gasteiger partial charge in [0.05, 0.1) is 7.11 Å². The van der Waals surface area contributed by atoms with Gasteiger partial charge in [-0.15, -0.1) is 0 Å². The Bertz CT molecular complexity index is 368. The second-order valence-electron chi connectivity index (χ2n) is 4.82. The number of ether oxygens (including phenoxy) is 1. The van der Waals surface area contributed by atoms with Gasteiger partial charge >= 0.3 is 0 Å². The van der Waals surface area contributed by atoms with Gasteiger partial charge in [0, 0.05) is 23.0 Å². The first-order valence-corrected chi connectivity index (χ1v) is 6.99. The number of methoxy groups -OCH3 is 1. The molecule has 0 fully saturated rings. The molecule has 0 aromatic heterocycles. The highest BCUT2D eigenvalue weighted by molar-refractivity contribution is 6.30. The number of nitrogens with one attached hydrogen (secondary N) is 1. The molecule has 0 amide bonds. The minimum Gasteiger partial charge on any atom is -0.496 e. The summed E-state index contributed by atoms with van der Waals surface area (Å²) in [6.45, 7) is 5.46. The Morgan fingerprint density at radius 2 is 2.11 bits per heavy atom. The van der Waals surface area contributed by atoms with Crippen LogP contribution in [0.15, 0.2) is 18.2 Å². The minimum absolute atomic E-state index is 0.434. The first kappa shape index (κ1) is 15.3. The van der Waals surface area contributed by atoms with Crippen LogP contribution in [-0.4, -0.2) is 20.7 Å². The van der Waals surface area contributed by atoms with Crippen LogP contribution in [0.3, 0.4) is 0 Å². The summed E-state index contributed by atoms with van der Waals surface area (Å²) < 4.78 is 5.47. The van der Waals surface area contributed by atoms with E-state index in [1.807, 2.05) is 25.2 Å². The Labute approximate surface area is 116 Å². The first-order valence-electron chi connectivity index (χ1n) is 6.62. The fraction of sp³-hybridized carbons (Fsp3) is 0.600. The quantitative estimate of drug-likeness (QED) is 0.805. The molecular formula is C15H24ClNO. The van der Waals surface area contributed by atoms with E-state index in [9.17, 15) is 0 Å². The van der Waals surface area contributed by atoms with E-state index < -0.39 is 0 Å². The van der Waals surface area contributed by atoms with Crippen LogP contribution in [0.25, 0.3) is 0 Å². The summed E-state index contributed by atoms with van der Waals surface area (Å²) in [5, 5.41) is 4.05. The Morgan fingerprint density at radius 3 is 2.67 bits per heavy atom. The summed E-state index contributed by atoms with van der Waals surface area (Å²) in [6.07, 6.45) is 2.41. The molecule has 18 heavy (non-hydrogen) atoms. The topological polar surface area (TPSA) is 21.3 Å². The van der Waals surface area contributed by atoms with Gasteiger partial charge in [0.25, 0.3) is 0 Å². The van der Waals surface area contributed by atoms with Gasteiger partial charge in [-0.3, -0.25) is 0 Å². The van der Waals surface area contributed by atoms with Crippen molar-refractivity contribution in [2.45, 2.75) is 32.6 Å². The molecule has 0 radical (unpaired) electrons. The molecule has 0 spiro atoms. The van der Waals surface area contributed by atoms with E-state index in [0.717, 1.165) is 17.3 Å². The largest absolute Gasteiger partial charge is 0.496 e. The normalized spacial score (nSPS) is 14.3. The number of rotatable bonds is 7. The maximum Gasteiger partial charge on any atom is 0.122 e. The summed E-state index contributed by atoms with van der Waals surface area (Å²) in [5.41, 5.74) is 1.21. The fourth-order valence-corrected chi connectivity index (χ4v) is 2.67. The number of likely N-dealkylation sites (N-methyl/N-ethyl adjacent to an activating group) is 1. The lowest BCUT2D eigenvalue weighted by molar-refractivity contribution is 0.374. The van der Waals surface area contributed by atoms with Crippen LogP contribution in [0.1, 0.15) is 38.2 Å². The molecule has 0 heterocycles. The Balaban J connectivity index is 3.06. The van der Waals surface area contributed by atoms with Gasteiger partial charge < -0.3 is 10.1 Å². The van der Waals surface area contributed by atoms with Crippen molar-refractivity contribution in [2.75, 3.05) is 20.7 Å². The van der Waals surface area contributed by atoms with Gasteiger partial charge in [0.1, 0.15) is 5.75 Å². The molecule has 102 valence electrons. The van der Waals surface area contributed by atoms with Crippen molar-refractivity contribution in [3.63, 3.8) is 0 Å². The van der Waals surface area contributed by atoms with Crippen LogP contribution in [0.5, 0.6) is 5.75 Å². The predicted molar refractivity (Wildman–Crippen MR) is 78.7 cm³/mol. The number of hydrogen-bond acceptors (Lipinski definition) is 2. The van der Waals surface area contributed by atoms with Gasteiger partial charge in [-0.2, -0.15) is 0 Å². The van der Waals surface area contributed by atoms with E-state index in [4.69, 9.17) is 16.3 Å². The zero-order valence-electron chi connectivity index (χ0n) is 11.8. The maximum absolute atomic E-state index is 6.12. The Morgan fingerprint density at radius 1 is 1.39 bits per heavy atom. The lowest BCUT2D eigenvalue weighted by Crippen LogP contribution is -2.23. The highest BCUT2D eigenvalue weighted by Gasteiger charge is 2.21. The summed E-state index contributed by atoms with van der Waals surface area (Å²) in [7, 11) is 3.70. The summed E-state index contributed by atoms with van der Waals surface area (Å²) in [6, 6.07) is 5.87. The van der Waals surface area contributed by atoms with E-state index in [-0.39, 0.29) is 0 Å². The van der Waals surface area contributed by atoms with Crippen molar-refractivity contribution in [1.82, 2.24) is 5.32 Å². The number of benzene rings is 1. The van der Waals surface area contributed by atoms with Crippen LogP contribution in [0.2, 0.25) is 5.02 Å². The molecule has 0 saturated carbocycles. The second-order valence-corrected chi connectivity index (χ2v) is 5.25. The molecule has 0 aliphatic carbocycles. The second kappa shape index (κ2) is 7.65. The van der Waals surface area contributed by atoms with E-state index in [1.165, 1.54) is 18.4 Å². The van der Waals surface area contributed by atoms with Crippen molar-refractivity contribution in [1.29, 1.82) is 0 Å². The summed E-state index contributed by atoms with van der Waals surface area (Å²) in [5.74, 6) is 1.97. The standard InChI is InChI=1S/C15H24ClNO/c1-5-6-11(2)14(10-17-3)13-9-12(16)7-8-15(13)18-4/h7-9,11,14,17H,5-6,10H2,1-4H3. The predicted octanol–water partition coefficient (Wildman–Crippen LogP) is 4.09. The monoisotopic (exact) mass is 269 g/mol. The lowest BCUT2D eigenvalue weighted by atomic mass is 9.84. The molecule has 1 rings (SSSR count). The van der Waals surface area contributed by atoms with Crippen molar-refractivity contribution in [2.24, 2.45) is 5.92 Å². The third-order valence-corrected chi connectivity index (χ3v) is 3.68. The van der Waals surface area contributed by atoms with Crippen molar-refractivity contribution < 1.29 is 4.74 Å². The van der Waals surface area contributed by atoms with Crippen molar-refractivity contribution in [3.05, 3.63) is 28.8 Å². The molecule has 0 bridgehead atoms. The summed E-state index contributed by atoms with van der Waals surface area (Å²) >= 11 is 6.12. The van der Waals surface area contributed by atoms with Crippen LogP contribution in [0, 0.1) is 5.92 Å². The molecule has 1 aromatic carbocycles. The molecule has 2 nitrogen and oxygen atoms in total. The van der Waals surface area contributed by atoms with Gasteiger partial charge in [-0.1, -0.05) is 38.3 Å². The molecule has 2 unspecified atom stereocenters. The molecule has 0 aliphatic rings. The number of hydrogen-bond donors (Lipinski definition) is 1. The average Bonchev–Trinajstić information content (AvgIpc) is 2.36. The fourth-order valence-electron chi connectivity index (χ4n) is 2.49. The third-order valence-electron chi connectivity index (χ3n) is 3.45. The van der Waals surface area contributed by atoms with Crippen molar-refractivity contribution >= 4 is 11.6 Å². The van der Waals surface area contributed by atoms with Gasteiger partial charge in [0.15, 0.2) is 0 Å². The van der Waals surface area contributed by atoms with E-state index >= 15 is 0 Å². The molecule has 2 atom stereocenters. The highest BCUT2D eigenvalue weighted by atomic mass is 35.5. The molecule has 0 saturated heterocycles.